The fourth-order valence-electron chi connectivity index (χ4n) is 1.46. The number of ether oxygens (including phenoxy) is 1. The van der Waals surface area contributed by atoms with Crippen molar-refractivity contribution in [3.05, 3.63) is 18.7 Å². The summed E-state index contributed by atoms with van der Waals surface area (Å²) in [6, 6.07) is 1.72. The second-order valence-electron chi connectivity index (χ2n) is 3.50. The first kappa shape index (κ1) is 11.7. The molecule has 19 heavy (non-hydrogen) atoms. The Labute approximate surface area is 111 Å². The molecule has 3 N–H and O–H groups in total. The number of fused-ring (bicyclic) bond motifs is 1. The van der Waals surface area contributed by atoms with Crippen LogP contribution in [0.15, 0.2) is 28.9 Å². The fourth-order valence-corrected chi connectivity index (χ4v) is 2.21. The summed E-state index contributed by atoms with van der Waals surface area (Å²) in [7, 11) is 1.55. The number of H-pyrrole nitrogens is 1. The van der Waals surface area contributed by atoms with Crippen molar-refractivity contribution in [2.75, 3.05) is 12.8 Å². The van der Waals surface area contributed by atoms with Gasteiger partial charge in [0.2, 0.25) is 5.88 Å². The van der Waals surface area contributed by atoms with Gasteiger partial charge in [-0.05, 0) is 11.8 Å². The van der Waals surface area contributed by atoms with Crippen LogP contribution < -0.4 is 10.5 Å². The van der Waals surface area contributed by atoms with Crippen LogP contribution in [0.2, 0.25) is 0 Å². The molecule has 0 aliphatic rings. The van der Waals surface area contributed by atoms with Crippen molar-refractivity contribution in [1.29, 1.82) is 0 Å². The molecule has 0 unspecified atom stereocenters. The maximum absolute atomic E-state index is 5.73. The van der Waals surface area contributed by atoms with Gasteiger partial charge in [0.05, 0.1) is 7.11 Å². The molecule has 0 saturated carbocycles. The molecule has 3 heterocycles. The quantitative estimate of drug-likeness (QED) is 0.677. The number of hydrogen-bond donors (Lipinski definition) is 2. The summed E-state index contributed by atoms with van der Waals surface area (Å²) < 4.78 is 5.03. The molecule has 0 radical (unpaired) electrons. The molecule has 96 valence electrons. The zero-order valence-corrected chi connectivity index (χ0v) is 10.7. The Kier molecular flexibility index (Phi) is 2.88. The largest absolute Gasteiger partial charge is 0.481 e. The number of nitrogens with two attached hydrogens (primary N) is 1. The molecule has 3 aromatic heterocycles. The van der Waals surface area contributed by atoms with Crippen molar-refractivity contribution < 1.29 is 4.74 Å². The predicted octanol–water partition coefficient (Wildman–Crippen LogP) is 0.885. The molecule has 0 atom stereocenters. The number of rotatable bonds is 3. The van der Waals surface area contributed by atoms with Gasteiger partial charge < -0.3 is 15.5 Å². The second kappa shape index (κ2) is 4.69. The molecule has 0 aliphatic heterocycles. The normalized spacial score (nSPS) is 10.8. The summed E-state index contributed by atoms with van der Waals surface area (Å²) in [5, 5.41) is 1.33. The first-order valence-electron chi connectivity index (χ1n) is 5.26. The van der Waals surface area contributed by atoms with Crippen LogP contribution in [0.4, 0.5) is 5.82 Å². The van der Waals surface area contributed by atoms with E-state index in [1.165, 1.54) is 24.4 Å². The first-order valence-corrected chi connectivity index (χ1v) is 6.08. The highest BCUT2D eigenvalue weighted by Crippen LogP contribution is 2.27. The lowest BCUT2D eigenvalue weighted by Gasteiger charge is -1.99. The summed E-state index contributed by atoms with van der Waals surface area (Å²) in [4.78, 5) is 23.3. The van der Waals surface area contributed by atoms with Crippen LogP contribution in [0, 0.1) is 0 Å². The number of hydrogen-bond acceptors (Lipinski definition) is 8. The van der Waals surface area contributed by atoms with E-state index in [1.807, 2.05) is 0 Å². The molecule has 0 bridgehead atoms. The van der Waals surface area contributed by atoms with Gasteiger partial charge in [-0.3, -0.25) is 0 Å². The molecule has 3 rings (SSSR count). The smallest absolute Gasteiger partial charge is 0.217 e. The Bertz CT molecular complexity index is 729. The highest BCUT2D eigenvalue weighted by molar-refractivity contribution is 7.99. The molecule has 0 fully saturated rings. The Morgan fingerprint density at radius 2 is 2.05 bits per heavy atom. The van der Waals surface area contributed by atoms with E-state index in [0.29, 0.717) is 33.0 Å². The molecule has 0 saturated heterocycles. The van der Waals surface area contributed by atoms with Crippen molar-refractivity contribution in [3.8, 4) is 5.88 Å². The number of nitrogens with zero attached hydrogens (tertiary/aromatic N) is 5. The van der Waals surface area contributed by atoms with E-state index in [1.54, 1.807) is 13.2 Å². The number of imidazole rings is 1. The van der Waals surface area contributed by atoms with Crippen molar-refractivity contribution in [1.82, 2.24) is 29.9 Å². The van der Waals surface area contributed by atoms with Crippen LogP contribution in [-0.4, -0.2) is 37.0 Å². The zero-order chi connectivity index (χ0) is 13.2. The molecule has 9 heteroatoms. The summed E-state index contributed by atoms with van der Waals surface area (Å²) >= 11 is 1.33. The number of aromatic nitrogens is 6. The van der Waals surface area contributed by atoms with E-state index in [-0.39, 0.29) is 0 Å². The number of nitrogen functional groups attached to an aromatic ring is 1. The van der Waals surface area contributed by atoms with Crippen LogP contribution in [-0.2, 0) is 0 Å². The monoisotopic (exact) mass is 275 g/mol. The lowest BCUT2D eigenvalue weighted by molar-refractivity contribution is 0.395. The Morgan fingerprint density at radius 1 is 1.21 bits per heavy atom. The van der Waals surface area contributed by atoms with Crippen LogP contribution in [0.1, 0.15) is 0 Å². The first-order chi connectivity index (χ1) is 9.26. The maximum Gasteiger partial charge on any atom is 0.217 e. The summed E-state index contributed by atoms with van der Waals surface area (Å²) in [6.07, 6.45) is 2.80. The minimum Gasteiger partial charge on any atom is -0.481 e. The molecular weight excluding hydrogens is 266 g/mol. The standard InChI is InChI=1S/C10H9N7OS/c1-18-5-2-6(13-3-12-5)19-10-16-7-8(11)14-4-15-9(7)17-10/h2-4H,1H3,(H3,11,14,15,16,17). The van der Waals surface area contributed by atoms with Crippen molar-refractivity contribution in [2.45, 2.75) is 10.2 Å². The Hall–Kier alpha value is -2.42. The van der Waals surface area contributed by atoms with Gasteiger partial charge in [0.1, 0.15) is 23.2 Å². The summed E-state index contributed by atoms with van der Waals surface area (Å²) in [6.45, 7) is 0. The third-order valence-corrected chi connectivity index (χ3v) is 3.14. The predicted molar refractivity (Wildman–Crippen MR) is 68.8 cm³/mol. The van der Waals surface area contributed by atoms with Crippen LogP contribution in [0.3, 0.4) is 0 Å². The zero-order valence-electron chi connectivity index (χ0n) is 9.86. The Balaban J connectivity index is 1.94. The van der Waals surface area contributed by atoms with Crippen molar-refractivity contribution >= 4 is 28.7 Å². The molecule has 3 aromatic rings. The Morgan fingerprint density at radius 3 is 2.84 bits per heavy atom. The van der Waals surface area contributed by atoms with Crippen LogP contribution in [0.5, 0.6) is 5.88 Å². The molecule has 0 amide bonds. The molecule has 0 aliphatic carbocycles. The minimum absolute atomic E-state index is 0.365. The van der Waals surface area contributed by atoms with Gasteiger partial charge in [0.15, 0.2) is 16.6 Å². The van der Waals surface area contributed by atoms with Crippen molar-refractivity contribution in [3.63, 3.8) is 0 Å². The van der Waals surface area contributed by atoms with E-state index in [4.69, 9.17) is 10.5 Å². The van der Waals surface area contributed by atoms with Crippen molar-refractivity contribution in [2.24, 2.45) is 0 Å². The van der Waals surface area contributed by atoms with Gasteiger partial charge in [-0.25, -0.2) is 24.9 Å². The van der Waals surface area contributed by atoms with E-state index in [2.05, 4.69) is 29.9 Å². The van der Waals surface area contributed by atoms with Gasteiger partial charge in [-0.2, -0.15) is 0 Å². The van der Waals surface area contributed by atoms with Gasteiger partial charge in [0.25, 0.3) is 0 Å². The average molecular weight is 275 g/mol. The highest BCUT2D eigenvalue weighted by Gasteiger charge is 2.09. The van der Waals surface area contributed by atoms with Gasteiger partial charge >= 0.3 is 0 Å². The van der Waals surface area contributed by atoms with E-state index in [9.17, 15) is 0 Å². The molecule has 0 aromatic carbocycles. The number of nitrogens with one attached hydrogen (secondary N) is 1. The lowest BCUT2D eigenvalue weighted by Crippen LogP contribution is -1.91. The van der Waals surface area contributed by atoms with Crippen LogP contribution in [0.25, 0.3) is 11.2 Å². The number of anilines is 1. The summed E-state index contributed by atoms with van der Waals surface area (Å²) in [5.74, 6) is 0.859. The summed E-state index contributed by atoms with van der Waals surface area (Å²) in [5.41, 5.74) is 6.87. The third-order valence-electron chi connectivity index (χ3n) is 2.32. The molecular formula is C10H9N7OS. The number of aromatic amines is 1. The van der Waals surface area contributed by atoms with Gasteiger partial charge in [0, 0.05) is 6.07 Å². The maximum atomic E-state index is 5.73. The van der Waals surface area contributed by atoms with E-state index < -0.39 is 0 Å². The molecule has 0 spiro atoms. The molecule has 8 nitrogen and oxygen atoms in total. The van der Waals surface area contributed by atoms with Crippen LogP contribution >= 0.6 is 11.8 Å². The van der Waals surface area contributed by atoms with E-state index in [0.717, 1.165) is 0 Å². The third kappa shape index (κ3) is 2.27. The highest BCUT2D eigenvalue weighted by atomic mass is 32.2. The van der Waals surface area contributed by atoms with E-state index >= 15 is 0 Å². The van der Waals surface area contributed by atoms with Gasteiger partial charge in [-0.15, -0.1) is 0 Å². The topological polar surface area (TPSA) is 115 Å². The number of methoxy groups -OCH3 is 1. The second-order valence-corrected chi connectivity index (χ2v) is 4.51. The minimum atomic E-state index is 0.365. The lowest BCUT2D eigenvalue weighted by atomic mass is 10.5. The average Bonchev–Trinajstić information content (AvgIpc) is 2.83. The van der Waals surface area contributed by atoms with Gasteiger partial charge in [-0.1, -0.05) is 0 Å². The SMILES string of the molecule is COc1cc(Sc2nc3ncnc(N)c3[nH]2)ncn1. The fraction of sp³-hybridized carbons (Fsp3) is 0.100.